The number of hydrogen-bond acceptors (Lipinski definition) is 8. The van der Waals surface area contributed by atoms with Crippen LogP contribution in [0, 0.1) is 25.1 Å². The summed E-state index contributed by atoms with van der Waals surface area (Å²) in [6.45, 7) is 5.02. The van der Waals surface area contributed by atoms with E-state index in [4.69, 9.17) is 37.7 Å². The Kier molecular flexibility index (Phi) is 6.38. The Hall–Kier alpha value is -3.71. The van der Waals surface area contributed by atoms with Crippen molar-refractivity contribution in [2.45, 2.75) is 44.3 Å². The average molecular weight is 573 g/mol. The Bertz CT molecular complexity index is 1740. The molecule has 0 radical (unpaired) electrons. The summed E-state index contributed by atoms with van der Waals surface area (Å²) in [7, 11) is 2.11. The van der Waals surface area contributed by atoms with Crippen LogP contribution in [0.3, 0.4) is 0 Å². The number of phenolic OH excluding ortho intramolecular Hbond substituents is 1. The molecule has 6 heterocycles. The number of aryl methyl sites for hydroxylation is 1. The van der Waals surface area contributed by atoms with E-state index in [0.717, 1.165) is 38.9 Å². The highest BCUT2D eigenvalue weighted by Gasteiger charge is 2.38. The Balaban J connectivity index is 1.42. The lowest BCUT2D eigenvalue weighted by Crippen LogP contribution is -2.67. The number of ether oxygens (including phenoxy) is 1. The van der Waals surface area contributed by atoms with Crippen LogP contribution in [-0.2, 0) is 0 Å². The first-order chi connectivity index (χ1) is 19.8. The number of aromatic nitrogens is 3. The number of piperidine rings is 1. The predicted molar refractivity (Wildman–Crippen MR) is 158 cm³/mol. The molecule has 2 N–H and O–H groups in total. The predicted octanol–water partition coefficient (Wildman–Crippen LogP) is 4.66. The van der Waals surface area contributed by atoms with Gasteiger partial charge in [-0.1, -0.05) is 23.6 Å². The van der Waals surface area contributed by atoms with Crippen LogP contribution in [0.5, 0.6) is 11.8 Å². The Morgan fingerprint density at radius 3 is 2.68 bits per heavy atom. The summed E-state index contributed by atoms with van der Waals surface area (Å²) >= 11 is 6.95. The molecule has 41 heavy (non-hydrogen) atoms. The molecule has 2 aromatic carbocycles. The number of benzene rings is 2. The average Bonchev–Trinajstić information content (AvgIpc) is 3.37. The van der Waals surface area contributed by atoms with Gasteiger partial charge >= 0.3 is 6.01 Å². The normalized spacial score (nSPS) is 22.2. The summed E-state index contributed by atoms with van der Waals surface area (Å²) in [4.78, 5) is 19.1. The van der Waals surface area contributed by atoms with Crippen LogP contribution in [0.25, 0.3) is 32.9 Å². The molecule has 210 valence electrons. The molecule has 8 rings (SSSR count). The third kappa shape index (κ3) is 4.42. The smallest absolute Gasteiger partial charge is 0.319 e. The first-order valence-corrected chi connectivity index (χ1v) is 14.3. The van der Waals surface area contributed by atoms with E-state index in [9.17, 15) is 9.50 Å². The van der Waals surface area contributed by atoms with Crippen molar-refractivity contribution in [3.63, 3.8) is 0 Å². The van der Waals surface area contributed by atoms with Crippen molar-refractivity contribution in [1.82, 2.24) is 25.2 Å². The van der Waals surface area contributed by atoms with Gasteiger partial charge in [-0.3, -0.25) is 0 Å². The van der Waals surface area contributed by atoms with Crippen LogP contribution in [0.4, 0.5) is 10.2 Å². The summed E-state index contributed by atoms with van der Waals surface area (Å²) < 4.78 is 21.1. The van der Waals surface area contributed by atoms with E-state index in [0.29, 0.717) is 69.0 Å². The molecule has 4 saturated heterocycles. The largest absolute Gasteiger partial charge is 0.508 e. The van der Waals surface area contributed by atoms with Gasteiger partial charge in [-0.15, -0.1) is 6.42 Å². The fraction of sp³-hybridized carbons (Fsp3) is 0.387. The van der Waals surface area contributed by atoms with Crippen molar-refractivity contribution in [2.75, 3.05) is 38.2 Å². The van der Waals surface area contributed by atoms with Gasteiger partial charge in [-0.25, -0.2) is 9.37 Å². The van der Waals surface area contributed by atoms with Crippen LogP contribution >= 0.6 is 11.6 Å². The second-order valence-corrected chi connectivity index (χ2v) is 11.7. The summed E-state index contributed by atoms with van der Waals surface area (Å²) in [6, 6.07) is 7.38. The summed E-state index contributed by atoms with van der Waals surface area (Å²) in [5, 5.41) is 16.1. The first kappa shape index (κ1) is 26.2. The van der Waals surface area contributed by atoms with Gasteiger partial charge in [0, 0.05) is 47.7 Å². The number of fused-ring (bicyclic) bond motifs is 4. The maximum absolute atomic E-state index is 14.8. The monoisotopic (exact) mass is 572 g/mol. The van der Waals surface area contributed by atoms with Gasteiger partial charge in [-0.05, 0) is 63.4 Å². The van der Waals surface area contributed by atoms with Gasteiger partial charge in [0.05, 0.1) is 22.2 Å². The fourth-order valence-electron chi connectivity index (χ4n) is 6.60. The lowest BCUT2D eigenvalue weighted by atomic mass is 9.91. The molecule has 4 fully saturated rings. The first-order valence-electron chi connectivity index (χ1n) is 13.9. The quantitative estimate of drug-likeness (QED) is 0.264. The number of likely N-dealkylation sites (tertiary alicyclic amines) is 1. The van der Waals surface area contributed by atoms with Crippen molar-refractivity contribution in [3.05, 3.63) is 46.4 Å². The lowest BCUT2D eigenvalue weighted by molar-refractivity contribution is 0.187. The van der Waals surface area contributed by atoms with Crippen molar-refractivity contribution in [1.29, 1.82) is 0 Å². The SMILES string of the molecule is C#Cc1c(F)ccc2cc(O)cc(-c3nc(Cl)c4c(N5CC6CC(C5)N6)nc(OC[C@@H]5CCCN5C)nc4c3C)c12. The van der Waals surface area contributed by atoms with E-state index in [-0.39, 0.29) is 22.5 Å². The third-order valence-corrected chi connectivity index (χ3v) is 9.02. The zero-order chi connectivity index (χ0) is 28.4. The number of halogens is 2. The number of nitrogens with one attached hydrogen (secondary N) is 1. The molecule has 2 aromatic heterocycles. The molecule has 0 spiro atoms. The van der Waals surface area contributed by atoms with Crippen molar-refractivity contribution < 1.29 is 14.2 Å². The molecule has 0 saturated carbocycles. The molecule has 2 unspecified atom stereocenters. The van der Waals surface area contributed by atoms with Crippen LogP contribution in [0.15, 0.2) is 24.3 Å². The molecule has 4 aliphatic heterocycles. The van der Waals surface area contributed by atoms with Crippen LogP contribution in [0.2, 0.25) is 5.15 Å². The zero-order valence-electron chi connectivity index (χ0n) is 22.9. The topological polar surface area (TPSA) is 86.6 Å². The maximum Gasteiger partial charge on any atom is 0.319 e. The van der Waals surface area contributed by atoms with E-state index in [1.54, 1.807) is 18.2 Å². The molecule has 4 aromatic rings. The number of pyridine rings is 1. The van der Waals surface area contributed by atoms with E-state index in [1.807, 2.05) is 6.92 Å². The number of aromatic hydroxyl groups is 1. The highest BCUT2D eigenvalue weighted by Crippen LogP contribution is 2.42. The van der Waals surface area contributed by atoms with Gasteiger partial charge in [0.15, 0.2) is 0 Å². The van der Waals surface area contributed by atoms with Crippen LogP contribution in [-0.4, -0.2) is 76.4 Å². The summed E-state index contributed by atoms with van der Waals surface area (Å²) in [5.74, 6) is 2.66. The molecule has 2 bridgehead atoms. The second kappa shape index (κ2) is 9.98. The van der Waals surface area contributed by atoms with Crippen molar-refractivity contribution >= 4 is 39.1 Å². The number of rotatable bonds is 5. The van der Waals surface area contributed by atoms with Crippen LogP contribution < -0.4 is 15.0 Å². The third-order valence-electron chi connectivity index (χ3n) is 8.75. The number of piperazine rings is 1. The summed E-state index contributed by atoms with van der Waals surface area (Å²) in [5.41, 5.74) is 2.34. The molecule has 0 amide bonds. The minimum Gasteiger partial charge on any atom is -0.508 e. The highest BCUT2D eigenvalue weighted by molar-refractivity contribution is 6.35. The molecular formula is C31H30ClFN6O2. The Labute approximate surface area is 242 Å². The summed E-state index contributed by atoms with van der Waals surface area (Å²) in [6.07, 6.45) is 9.09. The van der Waals surface area contributed by atoms with Crippen molar-refractivity contribution in [3.8, 4) is 35.4 Å². The minimum absolute atomic E-state index is 0.00706. The number of terminal acetylenes is 1. The molecule has 3 atom stereocenters. The highest BCUT2D eigenvalue weighted by atomic mass is 35.5. The van der Waals surface area contributed by atoms with Gasteiger partial charge in [-0.2, -0.15) is 9.97 Å². The van der Waals surface area contributed by atoms with Gasteiger partial charge < -0.3 is 25.0 Å². The molecular weight excluding hydrogens is 543 g/mol. The van der Waals surface area contributed by atoms with Gasteiger partial charge in [0.2, 0.25) is 0 Å². The van der Waals surface area contributed by atoms with E-state index < -0.39 is 5.82 Å². The Morgan fingerprint density at radius 1 is 1.20 bits per heavy atom. The number of likely N-dealkylation sites (N-methyl/N-ethyl adjacent to an activating group) is 1. The molecule has 0 aliphatic carbocycles. The van der Waals surface area contributed by atoms with Crippen molar-refractivity contribution in [2.24, 2.45) is 0 Å². The Morgan fingerprint density at radius 2 is 1.98 bits per heavy atom. The minimum atomic E-state index is -0.522. The molecule has 10 heteroatoms. The number of phenols is 1. The van der Waals surface area contributed by atoms with E-state index in [2.05, 4.69) is 28.1 Å². The maximum atomic E-state index is 14.8. The fourth-order valence-corrected chi connectivity index (χ4v) is 6.85. The molecule has 8 nitrogen and oxygen atoms in total. The number of nitrogens with zero attached hydrogens (tertiary/aromatic N) is 5. The standard InChI is InChI=1S/C31H30ClFN6O2/c1-4-22-24(33)8-7-17-10-21(40)12-23(25(17)22)27-16(2)28-26(29(32)35-27)30(39-13-18-11-19(14-39)34-18)37-31(36-28)41-15-20-6-5-9-38(20)3/h1,7-8,10,12,18-20,34,40H,5-6,9,11,13-15H2,2-3H3/t18?,19?,20-/m0/s1. The van der Waals surface area contributed by atoms with Gasteiger partial charge in [0.1, 0.15) is 29.1 Å². The van der Waals surface area contributed by atoms with Crippen LogP contribution in [0.1, 0.15) is 30.4 Å². The zero-order valence-corrected chi connectivity index (χ0v) is 23.7. The lowest BCUT2D eigenvalue weighted by Gasteiger charge is -2.48. The van der Waals surface area contributed by atoms with E-state index in [1.165, 1.54) is 6.07 Å². The molecule has 4 aliphatic rings. The second-order valence-electron chi connectivity index (χ2n) is 11.4. The number of hydrogen-bond donors (Lipinski definition) is 2. The number of anilines is 1. The van der Waals surface area contributed by atoms with E-state index >= 15 is 0 Å². The van der Waals surface area contributed by atoms with Gasteiger partial charge in [0.25, 0.3) is 0 Å².